The van der Waals surface area contributed by atoms with Gasteiger partial charge in [0.15, 0.2) is 11.5 Å². The van der Waals surface area contributed by atoms with E-state index < -0.39 is 30.3 Å². The van der Waals surface area contributed by atoms with Crippen LogP contribution in [-0.4, -0.2) is 83.7 Å². The molecule has 1 fully saturated rings. The Labute approximate surface area is 169 Å². The number of rotatable bonds is 5. The third kappa shape index (κ3) is 3.72. The van der Waals surface area contributed by atoms with Crippen LogP contribution in [0.5, 0.6) is 6.01 Å². The van der Waals surface area contributed by atoms with E-state index in [0.717, 1.165) is 0 Å². The van der Waals surface area contributed by atoms with Crippen LogP contribution in [0.3, 0.4) is 0 Å². The first-order chi connectivity index (χ1) is 14.5. The number of anilines is 1. The number of nitrogens with zero attached hydrogens (tertiary/aromatic N) is 6. The summed E-state index contributed by atoms with van der Waals surface area (Å²) < 4.78 is 12.2. The van der Waals surface area contributed by atoms with Crippen LogP contribution < -0.4 is 15.8 Å². The molecule has 0 spiro atoms. The number of amides is 1. The summed E-state index contributed by atoms with van der Waals surface area (Å²) in [7, 11) is 1.41. The van der Waals surface area contributed by atoms with E-state index in [1.54, 1.807) is 4.57 Å². The molecule has 0 bridgehead atoms. The summed E-state index contributed by atoms with van der Waals surface area (Å²) in [6, 6.07) is -0.692. The van der Waals surface area contributed by atoms with Gasteiger partial charge in [0, 0.05) is 12.4 Å². The Balaban J connectivity index is 1.42. The molecule has 1 saturated heterocycles. The number of aromatic nitrogens is 6. The lowest BCUT2D eigenvalue weighted by Gasteiger charge is -2.38. The number of fused-ring (bicyclic) bond motifs is 1. The molecule has 13 nitrogen and oxygen atoms in total. The first-order valence-corrected chi connectivity index (χ1v) is 9.04. The molecule has 0 unspecified atom stereocenters. The topological polar surface area (TPSA) is 183 Å². The molecule has 4 rings (SSSR count). The zero-order chi connectivity index (χ0) is 21.3. The Morgan fingerprint density at radius 1 is 1.27 bits per heavy atom. The number of hydrogen-bond acceptors (Lipinski definition) is 11. The van der Waals surface area contributed by atoms with Gasteiger partial charge in [-0.2, -0.15) is 0 Å². The van der Waals surface area contributed by atoms with Crippen molar-refractivity contribution < 1.29 is 24.5 Å². The minimum absolute atomic E-state index is 0.00967. The summed E-state index contributed by atoms with van der Waals surface area (Å²) in [4.78, 5) is 32.2. The van der Waals surface area contributed by atoms with E-state index in [4.69, 9.17) is 15.2 Å². The number of aliphatic hydroxyl groups is 2. The maximum Gasteiger partial charge on any atom is 0.316 e. The van der Waals surface area contributed by atoms with Gasteiger partial charge in [-0.1, -0.05) is 0 Å². The van der Waals surface area contributed by atoms with Crippen LogP contribution in [0.1, 0.15) is 10.4 Å². The average Bonchev–Trinajstić information content (AvgIpc) is 3.17. The molecule has 158 valence electrons. The highest BCUT2D eigenvalue weighted by Crippen LogP contribution is 2.21. The molecule has 4 heterocycles. The SMILES string of the molecule is COc1ncc(C(=O)N[C@@H]2CO[C@H](Cn3cnc4ncnc(N)c43)[C@@H](O)[C@H]2O)cn1. The molecule has 4 atom stereocenters. The Hall–Kier alpha value is -3.42. The van der Waals surface area contributed by atoms with Crippen molar-refractivity contribution in [2.24, 2.45) is 0 Å². The standard InChI is InChI=1S/C17H20N8O5/c1-29-17-19-2-8(3-20-17)16(28)24-9-5-30-10(13(27)12(9)26)4-25-7-23-15-11(25)14(18)21-6-22-15/h2-3,6-7,9-10,12-13,26-27H,4-5H2,1H3,(H,24,28)(H2,18,21,22)/t9-,10-,12+,13-/m1/s1. The lowest BCUT2D eigenvalue weighted by atomic mass is 9.97. The second kappa shape index (κ2) is 8.14. The van der Waals surface area contributed by atoms with E-state index in [1.807, 2.05) is 0 Å². The third-order valence-corrected chi connectivity index (χ3v) is 4.84. The Kier molecular flexibility index (Phi) is 5.39. The fourth-order valence-corrected chi connectivity index (χ4v) is 3.23. The van der Waals surface area contributed by atoms with Gasteiger partial charge in [-0.05, 0) is 0 Å². The van der Waals surface area contributed by atoms with Gasteiger partial charge in [0.05, 0.1) is 38.2 Å². The van der Waals surface area contributed by atoms with Crippen molar-refractivity contribution in [2.75, 3.05) is 19.5 Å². The van der Waals surface area contributed by atoms with Crippen molar-refractivity contribution in [3.63, 3.8) is 0 Å². The smallest absolute Gasteiger partial charge is 0.316 e. The number of hydrogen-bond donors (Lipinski definition) is 4. The van der Waals surface area contributed by atoms with Gasteiger partial charge in [0.1, 0.15) is 30.2 Å². The molecule has 1 aliphatic rings. The molecule has 0 saturated carbocycles. The van der Waals surface area contributed by atoms with Crippen molar-refractivity contribution >= 4 is 22.9 Å². The van der Waals surface area contributed by atoms with Gasteiger partial charge in [-0.3, -0.25) is 4.79 Å². The van der Waals surface area contributed by atoms with Crippen molar-refractivity contribution in [1.29, 1.82) is 0 Å². The maximum atomic E-state index is 12.4. The highest BCUT2D eigenvalue weighted by atomic mass is 16.5. The van der Waals surface area contributed by atoms with Crippen LogP contribution in [0.25, 0.3) is 11.2 Å². The molecule has 0 aliphatic carbocycles. The molecule has 13 heteroatoms. The number of aliphatic hydroxyl groups excluding tert-OH is 2. The Morgan fingerprint density at radius 3 is 2.77 bits per heavy atom. The fourth-order valence-electron chi connectivity index (χ4n) is 3.23. The summed E-state index contributed by atoms with van der Waals surface area (Å²) in [5.41, 5.74) is 7.00. The lowest BCUT2D eigenvalue weighted by molar-refractivity contribution is -0.152. The van der Waals surface area contributed by atoms with Crippen LogP contribution >= 0.6 is 0 Å². The van der Waals surface area contributed by atoms with E-state index in [2.05, 4.69) is 30.2 Å². The van der Waals surface area contributed by atoms with Crippen molar-refractivity contribution in [2.45, 2.75) is 30.9 Å². The monoisotopic (exact) mass is 416 g/mol. The quantitative estimate of drug-likeness (QED) is 0.365. The molecule has 30 heavy (non-hydrogen) atoms. The minimum Gasteiger partial charge on any atom is -0.467 e. The number of imidazole rings is 1. The van der Waals surface area contributed by atoms with Crippen molar-refractivity contribution in [3.05, 3.63) is 30.6 Å². The number of ether oxygens (including phenoxy) is 2. The number of carbonyl (C=O) groups is 1. The summed E-state index contributed by atoms with van der Waals surface area (Å²) >= 11 is 0. The van der Waals surface area contributed by atoms with Gasteiger partial charge in [-0.15, -0.1) is 0 Å². The fraction of sp³-hybridized carbons (Fsp3) is 0.412. The summed E-state index contributed by atoms with van der Waals surface area (Å²) in [6.45, 7) is 0.156. The predicted octanol–water partition coefficient (Wildman–Crippen LogP) is -1.87. The van der Waals surface area contributed by atoms with Crippen LogP contribution in [0.2, 0.25) is 0 Å². The zero-order valence-electron chi connectivity index (χ0n) is 15.9. The normalized spacial score (nSPS) is 24.0. The zero-order valence-corrected chi connectivity index (χ0v) is 15.9. The summed E-state index contributed by atoms with van der Waals surface area (Å²) in [5, 5.41) is 23.7. The van der Waals surface area contributed by atoms with Crippen molar-refractivity contribution in [3.8, 4) is 6.01 Å². The van der Waals surface area contributed by atoms with Gasteiger partial charge in [0.2, 0.25) is 0 Å². The molecular weight excluding hydrogens is 396 g/mol. The second-order valence-electron chi connectivity index (χ2n) is 6.72. The molecular formula is C17H20N8O5. The lowest BCUT2D eigenvalue weighted by Crippen LogP contribution is -2.59. The van der Waals surface area contributed by atoms with E-state index in [0.29, 0.717) is 11.2 Å². The van der Waals surface area contributed by atoms with Crippen LogP contribution in [0.4, 0.5) is 5.82 Å². The third-order valence-electron chi connectivity index (χ3n) is 4.84. The highest BCUT2D eigenvalue weighted by molar-refractivity contribution is 5.93. The molecule has 1 aliphatic heterocycles. The molecule has 3 aromatic heterocycles. The average molecular weight is 416 g/mol. The minimum atomic E-state index is -1.26. The first kappa shape index (κ1) is 19.9. The summed E-state index contributed by atoms with van der Waals surface area (Å²) in [5.74, 6) is -0.267. The number of nitrogen functional groups attached to an aromatic ring is 1. The molecule has 1 amide bonds. The molecule has 0 radical (unpaired) electrons. The molecule has 0 aromatic carbocycles. The predicted molar refractivity (Wildman–Crippen MR) is 101 cm³/mol. The Morgan fingerprint density at radius 2 is 2.03 bits per heavy atom. The van der Waals surface area contributed by atoms with Crippen molar-refractivity contribution in [1.82, 2.24) is 34.8 Å². The van der Waals surface area contributed by atoms with Gasteiger partial charge in [-0.25, -0.2) is 24.9 Å². The van der Waals surface area contributed by atoms with Crippen LogP contribution in [0.15, 0.2) is 25.0 Å². The number of nitrogens with two attached hydrogens (primary N) is 1. The van der Waals surface area contributed by atoms with E-state index in [-0.39, 0.29) is 30.5 Å². The number of carbonyl (C=O) groups excluding carboxylic acids is 1. The largest absolute Gasteiger partial charge is 0.467 e. The Bertz CT molecular complexity index is 1040. The van der Waals surface area contributed by atoms with E-state index >= 15 is 0 Å². The number of nitrogens with one attached hydrogen (secondary N) is 1. The second-order valence-corrected chi connectivity index (χ2v) is 6.72. The van der Waals surface area contributed by atoms with Gasteiger partial charge < -0.3 is 35.3 Å². The maximum absolute atomic E-state index is 12.4. The first-order valence-electron chi connectivity index (χ1n) is 9.04. The van der Waals surface area contributed by atoms with Gasteiger partial charge in [0.25, 0.3) is 5.91 Å². The number of methoxy groups -OCH3 is 1. The molecule has 5 N–H and O–H groups in total. The van der Waals surface area contributed by atoms with E-state index in [9.17, 15) is 15.0 Å². The van der Waals surface area contributed by atoms with Crippen LogP contribution in [-0.2, 0) is 11.3 Å². The van der Waals surface area contributed by atoms with Gasteiger partial charge >= 0.3 is 6.01 Å². The highest BCUT2D eigenvalue weighted by Gasteiger charge is 2.39. The van der Waals surface area contributed by atoms with E-state index in [1.165, 1.54) is 32.2 Å². The van der Waals surface area contributed by atoms with Crippen LogP contribution in [0, 0.1) is 0 Å². The molecule has 3 aromatic rings. The summed E-state index contributed by atoms with van der Waals surface area (Å²) in [6.07, 6.45) is 2.14.